The van der Waals surface area contributed by atoms with Crippen LogP contribution in [0.3, 0.4) is 0 Å². The molecule has 1 atom stereocenters. The summed E-state index contributed by atoms with van der Waals surface area (Å²) in [6.45, 7) is 0. The van der Waals surface area contributed by atoms with E-state index in [1.165, 1.54) is 11.1 Å². The van der Waals surface area contributed by atoms with Crippen LogP contribution >= 0.6 is 0 Å². The Kier molecular flexibility index (Phi) is 4.11. The number of fused-ring (bicyclic) bond motifs is 1. The lowest BCUT2D eigenvalue weighted by atomic mass is 9.82. The van der Waals surface area contributed by atoms with Gasteiger partial charge in [-0.3, -0.25) is 10.0 Å². The van der Waals surface area contributed by atoms with E-state index in [-0.39, 0.29) is 11.8 Å². The first-order valence-corrected chi connectivity index (χ1v) is 7.41. The van der Waals surface area contributed by atoms with Crippen LogP contribution in [0.15, 0.2) is 42.5 Å². The molecule has 4 nitrogen and oxygen atoms in total. The van der Waals surface area contributed by atoms with Gasteiger partial charge in [-0.25, -0.2) is 5.48 Å². The monoisotopic (exact) mass is 297 g/mol. The van der Waals surface area contributed by atoms with Crippen molar-refractivity contribution in [3.63, 3.8) is 0 Å². The predicted octanol–water partition coefficient (Wildman–Crippen LogP) is 2.97. The summed E-state index contributed by atoms with van der Waals surface area (Å²) in [6.07, 6.45) is 2.32. The third-order valence-electron chi connectivity index (χ3n) is 4.34. The number of amides is 1. The fourth-order valence-electron chi connectivity index (χ4n) is 3.04. The Balaban J connectivity index is 1.88. The Morgan fingerprint density at radius 2 is 1.86 bits per heavy atom. The summed E-state index contributed by atoms with van der Waals surface area (Å²) in [5, 5.41) is 8.81. The summed E-state index contributed by atoms with van der Waals surface area (Å²) in [4.78, 5) is 11.6. The van der Waals surface area contributed by atoms with Crippen LogP contribution < -0.4 is 10.2 Å². The number of nitrogens with one attached hydrogen (secondary N) is 1. The maximum Gasteiger partial charge on any atom is 0.246 e. The molecule has 0 saturated carbocycles. The molecule has 1 aliphatic carbocycles. The minimum absolute atomic E-state index is 0.149. The Morgan fingerprint density at radius 1 is 1.14 bits per heavy atom. The second-order valence-corrected chi connectivity index (χ2v) is 5.63. The first kappa shape index (κ1) is 14.6. The van der Waals surface area contributed by atoms with Gasteiger partial charge in [-0.2, -0.15) is 0 Å². The first-order valence-electron chi connectivity index (χ1n) is 7.41. The smallest absolute Gasteiger partial charge is 0.246 e. The molecule has 0 heterocycles. The van der Waals surface area contributed by atoms with Gasteiger partial charge in [-0.1, -0.05) is 30.3 Å². The number of hydrogen-bond acceptors (Lipinski definition) is 3. The molecule has 0 spiro atoms. The van der Waals surface area contributed by atoms with Gasteiger partial charge in [0, 0.05) is 5.92 Å². The first-order chi connectivity index (χ1) is 10.7. The van der Waals surface area contributed by atoms with Gasteiger partial charge in [0.15, 0.2) is 0 Å². The molecule has 1 unspecified atom stereocenters. The Morgan fingerprint density at radius 3 is 2.55 bits per heavy atom. The number of rotatable bonds is 3. The lowest BCUT2D eigenvalue weighted by Gasteiger charge is -2.23. The fourth-order valence-corrected chi connectivity index (χ4v) is 3.04. The molecule has 0 saturated heterocycles. The molecule has 1 amide bonds. The van der Waals surface area contributed by atoms with Crippen LogP contribution in [0.5, 0.6) is 5.75 Å². The third-order valence-corrected chi connectivity index (χ3v) is 4.34. The standard InChI is InChI=1S/C18H19NO3/c1-22-17-8-6-12(7-9-17)14-4-2-13-3-5-15(18(20)19-21)11-16(13)10-14/h2,4,6-10,15,21H,3,5,11H2,1H3,(H,19,20). The van der Waals surface area contributed by atoms with Gasteiger partial charge in [0.2, 0.25) is 5.91 Å². The second kappa shape index (κ2) is 6.20. The average Bonchev–Trinajstić information content (AvgIpc) is 2.60. The minimum Gasteiger partial charge on any atom is -0.497 e. The highest BCUT2D eigenvalue weighted by Crippen LogP contribution is 2.30. The van der Waals surface area contributed by atoms with E-state index in [0.717, 1.165) is 29.7 Å². The number of carbonyl (C=O) groups is 1. The summed E-state index contributed by atoms with van der Waals surface area (Å²) < 4.78 is 5.18. The second-order valence-electron chi connectivity index (χ2n) is 5.63. The van der Waals surface area contributed by atoms with Crippen molar-refractivity contribution < 1.29 is 14.7 Å². The van der Waals surface area contributed by atoms with Crippen LogP contribution in [0.25, 0.3) is 11.1 Å². The molecule has 114 valence electrons. The van der Waals surface area contributed by atoms with Crippen molar-refractivity contribution in [2.75, 3.05) is 7.11 Å². The zero-order chi connectivity index (χ0) is 15.5. The molecule has 0 fully saturated rings. The van der Waals surface area contributed by atoms with Gasteiger partial charge >= 0.3 is 0 Å². The van der Waals surface area contributed by atoms with Crippen LogP contribution in [0.2, 0.25) is 0 Å². The van der Waals surface area contributed by atoms with E-state index in [0.29, 0.717) is 6.42 Å². The molecule has 2 N–H and O–H groups in total. The molecule has 0 bridgehead atoms. The van der Waals surface area contributed by atoms with Crippen LogP contribution in [0.1, 0.15) is 17.5 Å². The highest BCUT2D eigenvalue weighted by Gasteiger charge is 2.24. The van der Waals surface area contributed by atoms with Crippen LogP contribution in [0, 0.1) is 5.92 Å². The van der Waals surface area contributed by atoms with Crippen molar-refractivity contribution >= 4 is 5.91 Å². The van der Waals surface area contributed by atoms with Crippen molar-refractivity contribution in [3.05, 3.63) is 53.6 Å². The molecular formula is C18H19NO3. The molecule has 0 radical (unpaired) electrons. The van der Waals surface area contributed by atoms with Gasteiger partial charge in [-0.15, -0.1) is 0 Å². The number of methoxy groups -OCH3 is 1. The maximum atomic E-state index is 11.6. The largest absolute Gasteiger partial charge is 0.497 e. The normalized spacial score (nSPS) is 16.7. The third kappa shape index (κ3) is 2.83. The molecule has 0 aliphatic heterocycles. The highest BCUT2D eigenvalue weighted by atomic mass is 16.5. The Hall–Kier alpha value is -2.33. The average molecular weight is 297 g/mol. The van der Waals surface area contributed by atoms with Crippen molar-refractivity contribution in [1.82, 2.24) is 5.48 Å². The fraction of sp³-hybridized carbons (Fsp3) is 0.278. The quantitative estimate of drug-likeness (QED) is 0.676. The van der Waals surface area contributed by atoms with Crippen molar-refractivity contribution in [3.8, 4) is 16.9 Å². The lowest BCUT2D eigenvalue weighted by molar-refractivity contribution is -0.133. The van der Waals surface area contributed by atoms with E-state index in [4.69, 9.17) is 9.94 Å². The van der Waals surface area contributed by atoms with E-state index in [1.54, 1.807) is 12.6 Å². The summed E-state index contributed by atoms with van der Waals surface area (Å²) in [5.41, 5.74) is 6.50. The van der Waals surface area contributed by atoms with Gasteiger partial charge in [0.05, 0.1) is 7.11 Å². The minimum atomic E-state index is -0.291. The molecule has 3 rings (SSSR count). The van der Waals surface area contributed by atoms with Crippen LogP contribution in [0.4, 0.5) is 0 Å². The molecule has 0 aromatic heterocycles. The van der Waals surface area contributed by atoms with Gasteiger partial charge in [-0.05, 0) is 53.6 Å². The molecular weight excluding hydrogens is 278 g/mol. The van der Waals surface area contributed by atoms with Gasteiger partial charge in [0.1, 0.15) is 5.75 Å². The molecule has 22 heavy (non-hydrogen) atoms. The SMILES string of the molecule is COc1ccc(-c2ccc3c(c2)CC(C(=O)NO)CC3)cc1. The lowest BCUT2D eigenvalue weighted by Crippen LogP contribution is -2.31. The van der Waals surface area contributed by atoms with Crippen molar-refractivity contribution in [1.29, 1.82) is 0 Å². The van der Waals surface area contributed by atoms with E-state index in [9.17, 15) is 4.79 Å². The highest BCUT2D eigenvalue weighted by molar-refractivity contribution is 5.78. The maximum absolute atomic E-state index is 11.6. The summed E-state index contributed by atoms with van der Waals surface area (Å²) in [5.74, 6) is 0.394. The van der Waals surface area contributed by atoms with Crippen LogP contribution in [-0.2, 0) is 17.6 Å². The Bertz CT molecular complexity index is 679. The van der Waals surface area contributed by atoms with Gasteiger partial charge in [0.25, 0.3) is 0 Å². The summed E-state index contributed by atoms with van der Waals surface area (Å²) >= 11 is 0. The number of aryl methyl sites for hydroxylation is 1. The summed E-state index contributed by atoms with van der Waals surface area (Å²) in [6, 6.07) is 14.3. The molecule has 1 aliphatic rings. The zero-order valence-electron chi connectivity index (χ0n) is 12.5. The number of carbonyl (C=O) groups excluding carboxylic acids is 1. The number of benzene rings is 2. The van der Waals surface area contributed by atoms with Crippen molar-refractivity contribution in [2.24, 2.45) is 5.92 Å². The van der Waals surface area contributed by atoms with E-state index in [2.05, 4.69) is 18.2 Å². The number of hydroxylamine groups is 1. The molecule has 2 aromatic rings. The van der Waals surface area contributed by atoms with Gasteiger partial charge < -0.3 is 4.74 Å². The van der Waals surface area contributed by atoms with E-state index < -0.39 is 0 Å². The van der Waals surface area contributed by atoms with E-state index >= 15 is 0 Å². The Labute approximate surface area is 129 Å². The topological polar surface area (TPSA) is 58.6 Å². The predicted molar refractivity (Wildman–Crippen MR) is 83.9 cm³/mol. The molecule has 4 heteroatoms. The van der Waals surface area contributed by atoms with E-state index in [1.807, 2.05) is 24.3 Å². The number of hydrogen-bond donors (Lipinski definition) is 2. The van der Waals surface area contributed by atoms with Crippen LogP contribution in [-0.4, -0.2) is 18.2 Å². The number of ether oxygens (including phenoxy) is 1. The summed E-state index contributed by atoms with van der Waals surface area (Å²) in [7, 11) is 1.65. The van der Waals surface area contributed by atoms with Crippen molar-refractivity contribution in [2.45, 2.75) is 19.3 Å². The molecule has 2 aromatic carbocycles. The zero-order valence-corrected chi connectivity index (χ0v) is 12.5.